The molecule has 3 heterocycles. The van der Waals surface area contributed by atoms with Crippen LogP contribution in [-0.2, 0) is 4.74 Å². The van der Waals surface area contributed by atoms with E-state index in [0.717, 1.165) is 6.20 Å². The van der Waals surface area contributed by atoms with E-state index in [9.17, 15) is 9.50 Å². The van der Waals surface area contributed by atoms with Crippen LogP contribution in [-0.4, -0.2) is 40.9 Å². The van der Waals surface area contributed by atoms with Crippen LogP contribution in [0.3, 0.4) is 0 Å². The number of aromatic nitrogens is 2. The maximum atomic E-state index is 13.7. The molecule has 0 radical (unpaired) electrons. The Kier molecular flexibility index (Phi) is 3.35. The number of halogens is 2. The molecule has 0 spiro atoms. The number of anilines is 1. The summed E-state index contributed by atoms with van der Waals surface area (Å²) in [7, 11) is 0. The van der Waals surface area contributed by atoms with Gasteiger partial charge in [-0.15, -0.1) is 0 Å². The van der Waals surface area contributed by atoms with E-state index >= 15 is 0 Å². The van der Waals surface area contributed by atoms with E-state index in [1.54, 1.807) is 0 Å². The third-order valence-corrected chi connectivity index (χ3v) is 3.65. The lowest BCUT2D eigenvalue weighted by Crippen LogP contribution is -2.44. The van der Waals surface area contributed by atoms with Crippen LogP contribution in [0.4, 0.5) is 10.2 Å². The van der Waals surface area contributed by atoms with Crippen LogP contribution in [0, 0.1) is 5.82 Å². The molecule has 1 N–H and O–H groups in total. The molecule has 1 saturated heterocycles. The number of morpholine rings is 1. The lowest BCUT2D eigenvalue weighted by atomic mass is 10.2. The van der Waals surface area contributed by atoms with Gasteiger partial charge in [0, 0.05) is 12.6 Å². The van der Waals surface area contributed by atoms with Crippen molar-refractivity contribution < 1.29 is 14.2 Å². The van der Waals surface area contributed by atoms with Crippen LogP contribution in [0.2, 0.25) is 5.15 Å². The number of ether oxygens (including phenoxy) is 1. The Labute approximate surface area is 120 Å². The number of pyridine rings is 2. The highest BCUT2D eigenvalue weighted by molar-refractivity contribution is 6.34. The normalized spacial score (nSPS) is 19.6. The summed E-state index contributed by atoms with van der Waals surface area (Å²) >= 11 is 5.95. The number of fused-ring (bicyclic) bond motifs is 1. The molecular formula is C13H13ClFN3O2. The van der Waals surface area contributed by atoms with Crippen LogP contribution < -0.4 is 4.90 Å². The van der Waals surface area contributed by atoms with Gasteiger partial charge < -0.3 is 14.7 Å². The Hall–Kier alpha value is -1.66. The molecule has 1 aliphatic rings. The maximum Gasteiger partial charge on any atom is 0.155 e. The van der Waals surface area contributed by atoms with Crippen molar-refractivity contribution in [2.75, 3.05) is 24.7 Å². The molecule has 0 aromatic carbocycles. The fraction of sp³-hybridized carbons (Fsp3) is 0.385. The molecule has 1 fully saturated rings. The molecule has 20 heavy (non-hydrogen) atoms. The fourth-order valence-corrected chi connectivity index (χ4v) is 2.54. The first-order valence-corrected chi connectivity index (χ1v) is 6.64. The van der Waals surface area contributed by atoms with Crippen molar-refractivity contribution in [2.24, 2.45) is 0 Å². The Bertz CT molecular complexity index is 668. The zero-order valence-corrected chi connectivity index (χ0v) is 11.6. The molecule has 0 saturated carbocycles. The monoisotopic (exact) mass is 297 g/mol. The van der Waals surface area contributed by atoms with Crippen LogP contribution in [0.1, 0.15) is 6.92 Å². The second-order valence-electron chi connectivity index (χ2n) is 4.74. The molecule has 2 aromatic rings. The summed E-state index contributed by atoms with van der Waals surface area (Å²) in [5, 5.41) is 10.1. The summed E-state index contributed by atoms with van der Waals surface area (Å²) in [5.41, 5.74) is 0.167. The molecule has 0 amide bonds. The summed E-state index contributed by atoms with van der Waals surface area (Å²) in [6, 6.07) is 1.57. The molecule has 0 bridgehead atoms. The van der Waals surface area contributed by atoms with Gasteiger partial charge in [0.15, 0.2) is 11.0 Å². The van der Waals surface area contributed by atoms with Gasteiger partial charge >= 0.3 is 0 Å². The molecule has 5 nitrogen and oxygen atoms in total. The van der Waals surface area contributed by atoms with Crippen molar-refractivity contribution in [1.82, 2.24) is 9.97 Å². The molecule has 2 aromatic heterocycles. The number of nitrogens with zero attached hydrogens (tertiary/aromatic N) is 3. The van der Waals surface area contributed by atoms with Gasteiger partial charge in [-0.2, -0.15) is 0 Å². The van der Waals surface area contributed by atoms with Crippen molar-refractivity contribution in [2.45, 2.75) is 13.0 Å². The van der Waals surface area contributed by atoms with Crippen LogP contribution in [0.15, 0.2) is 12.3 Å². The average molecular weight is 298 g/mol. The molecule has 1 aliphatic heterocycles. The number of aromatic hydroxyl groups is 1. The number of hydrogen-bond donors (Lipinski definition) is 1. The lowest BCUT2D eigenvalue weighted by molar-refractivity contribution is 0.0985. The molecule has 7 heteroatoms. The highest BCUT2D eigenvalue weighted by atomic mass is 35.5. The second-order valence-corrected chi connectivity index (χ2v) is 5.10. The molecular weight excluding hydrogens is 285 g/mol. The van der Waals surface area contributed by atoms with Gasteiger partial charge in [0.05, 0.1) is 30.8 Å². The van der Waals surface area contributed by atoms with Gasteiger partial charge in [0.25, 0.3) is 0 Å². The van der Waals surface area contributed by atoms with Crippen LogP contribution >= 0.6 is 11.6 Å². The van der Waals surface area contributed by atoms with Gasteiger partial charge in [-0.25, -0.2) is 14.4 Å². The van der Waals surface area contributed by atoms with Crippen LogP contribution in [0.25, 0.3) is 10.9 Å². The van der Waals surface area contributed by atoms with Gasteiger partial charge in [-0.05, 0) is 6.92 Å². The van der Waals surface area contributed by atoms with Gasteiger partial charge in [0.2, 0.25) is 0 Å². The van der Waals surface area contributed by atoms with E-state index in [2.05, 4.69) is 9.97 Å². The molecule has 3 rings (SSSR count). The second kappa shape index (κ2) is 5.03. The summed E-state index contributed by atoms with van der Waals surface area (Å²) in [6.07, 6.45) is 0.975. The summed E-state index contributed by atoms with van der Waals surface area (Å²) in [5.74, 6) is -0.290. The summed E-state index contributed by atoms with van der Waals surface area (Å²) in [4.78, 5) is 10.1. The van der Waals surface area contributed by atoms with E-state index in [1.807, 2.05) is 11.8 Å². The molecule has 1 atom stereocenters. The lowest BCUT2D eigenvalue weighted by Gasteiger charge is -2.34. The smallest absolute Gasteiger partial charge is 0.155 e. The minimum atomic E-state index is -0.643. The van der Waals surface area contributed by atoms with Crippen molar-refractivity contribution in [3.63, 3.8) is 0 Å². The predicted molar refractivity (Wildman–Crippen MR) is 73.8 cm³/mol. The SMILES string of the molecule is C[C@@H]1COCCN1c1cc(O)c2c(F)cnc(Cl)c2n1. The predicted octanol–water partition coefficient (Wildman–Crippen LogP) is 2.35. The molecule has 0 unspecified atom stereocenters. The average Bonchev–Trinajstić information content (AvgIpc) is 2.43. The maximum absolute atomic E-state index is 13.7. The minimum absolute atomic E-state index is 0.00494. The quantitative estimate of drug-likeness (QED) is 0.819. The Balaban J connectivity index is 2.16. The van der Waals surface area contributed by atoms with E-state index in [1.165, 1.54) is 6.07 Å². The van der Waals surface area contributed by atoms with E-state index < -0.39 is 5.82 Å². The van der Waals surface area contributed by atoms with Crippen molar-refractivity contribution in [3.05, 3.63) is 23.2 Å². The standard InChI is InChI=1S/C13H13ClFN3O2/c1-7-6-20-3-2-18(7)10-4-9(19)11-8(15)5-16-13(14)12(11)17-10/h4-5,7H,2-3,6H2,1H3,(H,17,19)/t7-/m1/s1. The summed E-state index contributed by atoms with van der Waals surface area (Å²) in [6.45, 7) is 3.81. The van der Waals surface area contributed by atoms with Gasteiger partial charge in [-0.1, -0.05) is 11.6 Å². The largest absolute Gasteiger partial charge is 0.507 e. The number of hydrogen-bond acceptors (Lipinski definition) is 5. The minimum Gasteiger partial charge on any atom is -0.507 e. The molecule has 0 aliphatic carbocycles. The Morgan fingerprint density at radius 2 is 2.35 bits per heavy atom. The van der Waals surface area contributed by atoms with Gasteiger partial charge in [-0.3, -0.25) is 0 Å². The third kappa shape index (κ3) is 2.14. The topological polar surface area (TPSA) is 58.5 Å². The zero-order chi connectivity index (χ0) is 14.3. The first-order chi connectivity index (χ1) is 9.58. The highest BCUT2D eigenvalue weighted by Crippen LogP contribution is 2.33. The summed E-state index contributed by atoms with van der Waals surface area (Å²) < 4.78 is 19.1. The Morgan fingerprint density at radius 1 is 1.55 bits per heavy atom. The Morgan fingerprint density at radius 3 is 3.10 bits per heavy atom. The highest BCUT2D eigenvalue weighted by Gasteiger charge is 2.23. The first kappa shape index (κ1) is 13.3. The molecule has 106 valence electrons. The fourth-order valence-electron chi connectivity index (χ4n) is 2.36. The first-order valence-electron chi connectivity index (χ1n) is 6.26. The van der Waals surface area contributed by atoms with E-state index in [0.29, 0.717) is 25.6 Å². The number of rotatable bonds is 1. The van der Waals surface area contributed by atoms with Crippen molar-refractivity contribution in [3.8, 4) is 5.75 Å². The van der Waals surface area contributed by atoms with Gasteiger partial charge in [0.1, 0.15) is 17.1 Å². The zero-order valence-electron chi connectivity index (χ0n) is 10.8. The van der Waals surface area contributed by atoms with E-state index in [4.69, 9.17) is 16.3 Å². The van der Waals surface area contributed by atoms with Crippen molar-refractivity contribution in [1.29, 1.82) is 0 Å². The van der Waals surface area contributed by atoms with Crippen LogP contribution in [0.5, 0.6) is 5.75 Å². The van der Waals surface area contributed by atoms with Crippen molar-refractivity contribution >= 4 is 28.3 Å². The van der Waals surface area contributed by atoms with E-state index in [-0.39, 0.29) is 27.8 Å². The third-order valence-electron chi connectivity index (χ3n) is 3.37.